The van der Waals surface area contributed by atoms with E-state index in [-0.39, 0.29) is 5.91 Å². The van der Waals surface area contributed by atoms with Crippen LogP contribution in [0.2, 0.25) is 0 Å². The van der Waals surface area contributed by atoms with Gasteiger partial charge in [0.05, 0.1) is 12.8 Å². The van der Waals surface area contributed by atoms with E-state index in [0.29, 0.717) is 23.7 Å². The van der Waals surface area contributed by atoms with E-state index in [1.54, 1.807) is 49.6 Å². The zero-order valence-corrected chi connectivity index (χ0v) is 10.6. The second-order valence-corrected chi connectivity index (χ2v) is 4.13. The first-order valence-electron chi connectivity index (χ1n) is 5.97. The van der Waals surface area contributed by atoms with E-state index < -0.39 is 6.10 Å². The van der Waals surface area contributed by atoms with Gasteiger partial charge in [-0.1, -0.05) is 6.07 Å². The van der Waals surface area contributed by atoms with Gasteiger partial charge in [0, 0.05) is 11.8 Å². The van der Waals surface area contributed by atoms with Crippen LogP contribution in [0, 0.1) is 0 Å². The van der Waals surface area contributed by atoms with Gasteiger partial charge >= 0.3 is 0 Å². The van der Waals surface area contributed by atoms with Crippen LogP contribution in [0.3, 0.4) is 0 Å². The Hall–Kier alpha value is -2.43. The molecule has 0 radical (unpaired) electrons. The van der Waals surface area contributed by atoms with Crippen molar-refractivity contribution in [2.45, 2.75) is 19.6 Å². The molecule has 0 aliphatic heterocycles. The number of benzene rings is 1. The largest absolute Gasteiger partial charge is 0.481 e. The molecule has 3 N–H and O–H groups in total. The van der Waals surface area contributed by atoms with Crippen molar-refractivity contribution in [2.24, 2.45) is 0 Å². The first kappa shape index (κ1) is 13.0. The normalized spacial score (nSPS) is 11.8. The molecule has 0 saturated carbocycles. The summed E-state index contributed by atoms with van der Waals surface area (Å²) in [6, 6.07) is 10.5. The lowest BCUT2D eigenvalue weighted by Crippen LogP contribution is -2.35. The maximum Gasteiger partial charge on any atom is 0.261 e. The standard InChI is InChI=1S/C14H16N2O3/c1-10(19-12-5-2-4-11(15)8-12)14(17)16-9-13-6-3-7-18-13/h2-8,10H,9,15H2,1H3,(H,16,17)/t10-/m1/s1. The monoisotopic (exact) mass is 260 g/mol. The number of anilines is 1. The highest BCUT2D eigenvalue weighted by Gasteiger charge is 2.14. The van der Waals surface area contributed by atoms with Gasteiger partial charge in [-0.2, -0.15) is 0 Å². The highest BCUT2D eigenvalue weighted by Crippen LogP contribution is 2.16. The molecule has 1 aromatic heterocycles. The lowest BCUT2D eigenvalue weighted by atomic mass is 10.3. The van der Waals surface area contributed by atoms with Crippen molar-refractivity contribution in [3.8, 4) is 5.75 Å². The summed E-state index contributed by atoms with van der Waals surface area (Å²) in [5.41, 5.74) is 6.24. The third-order valence-electron chi connectivity index (χ3n) is 2.56. The number of hydrogen-bond acceptors (Lipinski definition) is 4. The summed E-state index contributed by atoms with van der Waals surface area (Å²) in [7, 11) is 0. The van der Waals surface area contributed by atoms with E-state index in [4.69, 9.17) is 14.9 Å². The summed E-state index contributed by atoms with van der Waals surface area (Å²) in [5, 5.41) is 2.73. The van der Waals surface area contributed by atoms with E-state index in [9.17, 15) is 4.79 Å². The predicted molar refractivity (Wildman–Crippen MR) is 71.5 cm³/mol. The molecule has 0 aliphatic carbocycles. The Morgan fingerprint density at radius 1 is 1.42 bits per heavy atom. The average Bonchev–Trinajstić information content (AvgIpc) is 2.89. The summed E-state index contributed by atoms with van der Waals surface area (Å²) in [6.07, 6.45) is 0.963. The van der Waals surface area contributed by atoms with E-state index in [0.717, 1.165) is 0 Å². The maximum atomic E-state index is 11.8. The Labute approximate surface area is 111 Å². The summed E-state index contributed by atoms with van der Waals surface area (Å²) >= 11 is 0. The minimum Gasteiger partial charge on any atom is -0.481 e. The number of carbonyl (C=O) groups excluding carboxylic acids is 1. The first-order chi connectivity index (χ1) is 9.15. The Kier molecular flexibility index (Phi) is 4.07. The van der Waals surface area contributed by atoms with Gasteiger partial charge in [-0.05, 0) is 31.2 Å². The zero-order valence-electron chi connectivity index (χ0n) is 10.6. The molecular formula is C14H16N2O3. The Morgan fingerprint density at radius 3 is 2.95 bits per heavy atom. The lowest BCUT2D eigenvalue weighted by molar-refractivity contribution is -0.127. The molecule has 0 aliphatic rings. The molecule has 1 atom stereocenters. The van der Waals surface area contributed by atoms with Crippen LogP contribution in [-0.2, 0) is 11.3 Å². The van der Waals surface area contributed by atoms with Crippen molar-refractivity contribution in [2.75, 3.05) is 5.73 Å². The quantitative estimate of drug-likeness (QED) is 0.805. The van der Waals surface area contributed by atoms with Gasteiger partial charge in [0.15, 0.2) is 6.10 Å². The Bertz CT molecular complexity index is 537. The van der Waals surface area contributed by atoms with Gasteiger partial charge < -0.3 is 20.2 Å². The molecule has 0 bridgehead atoms. The second kappa shape index (κ2) is 5.95. The molecule has 1 amide bonds. The number of rotatable bonds is 5. The summed E-state index contributed by atoms with van der Waals surface area (Å²) in [5.74, 6) is 1.06. The number of furan rings is 1. The Morgan fingerprint density at radius 2 is 2.26 bits per heavy atom. The lowest BCUT2D eigenvalue weighted by Gasteiger charge is -2.14. The fraction of sp³-hybridized carbons (Fsp3) is 0.214. The molecule has 2 rings (SSSR count). The van der Waals surface area contributed by atoms with Crippen LogP contribution in [-0.4, -0.2) is 12.0 Å². The number of carbonyl (C=O) groups is 1. The van der Waals surface area contributed by atoms with Crippen molar-refractivity contribution in [3.63, 3.8) is 0 Å². The molecular weight excluding hydrogens is 244 g/mol. The number of amides is 1. The molecule has 19 heavy (non-hydrogen) atoms. The minimum absolute atomic E-state index is 0.209. The molecule has 2 aromatic rings. The zero-order chi connectivity index (χ0) is 13.7. The van der Waals surface area contributed by atoms with Crippen molar-refractivity contribution in [3.05, 3.63) is 48.4 Å². The molecule has 5 nitrogen and oxygen atoms in total. The van der Waals surface area contributed by atoms with Crippen LogP contribution in [0.15, 0.2) is 47.1 Å². The molecule has 100 valence electrons. The molecule has 0 saturated heterocycles. The fourth-order valence-electron chi connectivity index (χ4n) is 1.58. The summed E-state index contributed by atoms with van der Waals surface area (Å²) in [4.78, 5) is 11.8. The van der Waals surface area contributed by atoms with Crippen LogP contribution >= 0.6 is 0 Å². The van der Waals surface area contributed by atoms with Gasteiger partial charge in [-0.25, -0.2) is 0 Å². The van der Waals surface area contributed by atoms with Gasteiger partial charge in [0.25, 0.3) is 5.91 Å². The molecule has 0 spiro atoms. The van der Waals surface area contributed by atoms with Crippen molar-refractivity contribution < 1.29 is 13.9 Å². The maximum absolute atomic E-state index is 11.8. The van der Waals surface area contributed by atoms with Crippen LogP contribution < -0.4 is 15.8 Å². The minimum atomic E-state index is -0.600. The van der Waals surface area contributed by atoms with E-state index >= 15 is 0 Å². The van der Waals surface area contributed by atoms with Gasteiger partial charge in [-0.15, -0.1) is 0 Å². The third-order valence-corrected chi connectivity index (χ3v) is 2.56. The van der Waals surface area contributed by atoms with E-state index in [2.05, 4.69) is 5.32 Å². The average molecular weight is 260 g/mol. The summed E-state index contributed by atoms with van der Waals surface area (Å²) < 4.78 is 10.6. The Balaban J connectivity index is 1.85. The second-order valence-electron chi connectivity index (χ2n) is 4.13. The highest BCUT2D eigenvalue weighted by atomic mass is 16.5. The number of hydrogen-bond donors (Lipinski definition) is 2. The number of nitrogens with two attached hydrogens (primary N) is 1. The van der Waals surface area contributed by atoms with Crippen molar-refractivity contribution in [1.29, 1.82) is 0 Å². The number of nitrogens with one attached hydrogen (secondary N) is 1. The first-order valence-corrected chi connectivity index (χ1v) is 5.97. The van der Waals surface area contributed by atoms with Gasteiger partial charge in [-0.3, -0.25) is 4.79 Å². The van der Waals surface area contributed by atoms with Crippen LogP contribution in [0.25, 0.3) is 0 Å². The van der Waals surface area contributed by atoms with Gasteiger partial charge in [0.2, 0.25) is 0 Å². The van der Waals surface area contributed by atoms with E-state index in [1.165, 1.54) is 0 Å². The molecule has 5 heteroatoms. The molecule has 1 aromatic carbocycles. The predicted octanol–water partition coefficient (Wildman–Crippen LogP) is 1.95. The molecule has 1 heterocycles. The SMILES string of the molecule is C[C@@H](Oc1cccc(N)c1)C(=O)NCc1ccco1. The van der Waals surface area contributed by atoms with Crippen LogP contribution in [0.5, 0.6) is 5.75 Å². The van der Waals surface area contributed by atoms with Crippen molar-refractivity contribution >= 4 is 11.6 Å². The van der Waals surface area contributed by atoms with E-state index in [1.807, 2.05) is 0 Å². The number of nitrogen functional groups attached to an aromatic ring is 1. The third kappa shape index (κ3) is 3.77. The molecule has 0 unspecified atom stereocenters. The smallest absolute Gasteiger partial charge is 0.261 e. The topological polar surface area (TPSA) is 77.5 Å². The summed E-state index contributed by atoms with van der Waals surface area (Å²) in [6.45, 7) is 2.02. The van der Waals surface area contributed by atoms with Crippen molar-refractivity contribution in [1.82, 2.24) is 5.32 Å². The van der Waals surface area contributed by atoms with Crippen LogP contribution in [0.4, 0.5) is 5.69 Å². The molecule has 0 fully saturated rings. The highest BCUT2D eigenvalue weighted by molar-refractivity contribution is 5.80. The number of ether oxygens (including phenoxy) is 1. The van der Waals surface area contributed by atoms with Crippen LogP contribution in [0.1, 0.15) is 12.7 Å². The van der Waals surface area contributed by atoms with Gasteiger partial charge in [0.1, 0.15) is 11.5 Å². The fourth-order valence-corrected chi connectivity index (χ4v) is 1.58.